The Morgan fingerprint density at radius 2 is 2.00 bits per heavy atom. The first-order valence-electron chi connectivity index (χ1n) is 6.82. The second kappa shape index (κ2) is 9.08. The van der Waals surface area contributed by atoms with Gasteiger partial charge in [-0.15, -0.1) is 0 Å². The van der Waals surface area contributed by atoms with Gasteiger partial charge in [0.1, 0.15) is 0 Å². The molecule has 0 aliphatic carbocycles. The summed E-state index contributed by atoms with van der Waals surface area (Å²) in [6.45, 7) is 2.51. The minimum atomic E-state index is -2.72. The first-order chi connectivity index (χ1) is 9.20. The van der Waals surface area contributed by atoms with Crippen LogP contribution < -0.4 is 5.73 Å². The lowest BCUT2D eigenvalue weighted by Gasteiger charge is -2.15. The summed E-state index contributed by atoms with van der Waals surface area (Å²) in [4.78, 5) is 0. The molecular formula is C15H24NO2P. The van der Waals surface area contributed by atoms with Crippen LogP contribution in [-0.4, -0.2) is 12.4 Å². The zero-order valence-corrected chi connectivity index (χ0v) is 12.5. The molecule has 106 valence electrons. The highest BCUT2D eigenvalue weighted by atomic mass is 31.2. The fourth-order valence-corrected chi connectivity index (χ4v) is 2.84. The number of nitrogens with two attached hydrogens (primary N) is 1. The van der Waals surface area contributed by atoms with Crippen molar-refractivity contribution in [1.82, 2.24) is 0 Å². The average Bonchev–Trinajstić information content (AvgIpc) is 2.46. The smallest absolute Gasteiger partial charge is 0.220 e. The molecule has 0 aliphatic rings. The van der Waals surface area contributed by atoms with E-state index in [1.165, 1.54) is 6.42 Å². The summed E-state index contributed by atoms with van der Waals surface area (Å²) < 4.78 is 17.9. The molecule has 0 amide bonds. The monoisotopic (exact) mass is 281 g/mol. The Balaban J connectivity index is 2.42. The highest BCUT2D eigenvalue weighted by Crippen LogP contribution is 2.45. The molecule has 0 aromatic heterocycles. The van der Waals surface area contributed by atoms with Gasteiger partial charge in [-0.25, -0.2) is 0 Å². The number of rotatable bonds is 9. The van der Waals surface area contributed by atoms with Gasteiger partial charge in [0.2, 0.25) is 7.37 Å². The van der Waals surface area contributed by atoms with Crippen LogP contribution in [-0.2, 0) is 15.7 Å². The zero-order chi connectivity index (χ0) is 14.0. The molecular weight excluding hydrogens is 257 g/mol. The van der Waals surface area contributed by atoms with Gasteiger partial charge in [0.05, 0.1) is 12.9 Å². The van der Waals surface area contributed by atoms with Crippen molar-refractivity contribution < 1.29 is 9.09 Å². The summed E-state index contributed by atoms with van der Waals surface area (Å²) in [6.07, 6.45) is 7.89. The molecule has 1 aromatic carbocycles. The lowest BCUT2D eigenvalue weighted by Crippen LogP contribution is -2.06. The minimum absolute atomic E-state index is 0.0952. The lowest BCUT2D eigenvalue weighted by atomic mass is 10.2. The summed E-state index contributed by atoms with van der Waals surface area (Å²) >= 11 is 0. The fraction of sp³-hybridized carbons (Fsp3) is 0.467. The van der Waals surface area contributed by atoms with Gasteiger partial charge in [-0.05, 0) is 12.0 Å². The SMILES string of the molecule is CCCC/C=C/C[P@@](=O)(CN)OCc1ccccc1. The predicted molar refractivity (Wildman–Crippen MR) is 81.4 cm³/mol. The predicted octanol–water partition coefficient (Wildman–Crippen LogP) is 4.14. The van der Waals surface area contributed by atoms with E-state index in [2.05, 4.69) is 13.0 Å². The lowest BCUT2D eigenvalue weighted by molar-refractivity contribution is 0.304. The number of hydrogen-bond donors (Lipinski definition) is 1. The summed E-state index contributed by atoms with van der Waals surface area (Å²) in [7, 11) is -2.72. The summed E-state index contributed by atoms with van der Waals surface area (Å²) in [5.41, 5.74) is 6.61. The van der Waals surface area contributed by atoms with E-state index in [9.17, 15) is 4.57 Å². The Bertz CT molecular complexity index is 417. The van der Waals surface area contributed by atoms with E-state index < -0.39 is 7.37 Å². The van der Waals surface area contributed by atoms with Crippen molar-refractivity contribution in [2.24, 2.45) is 5.73 Å². The van der Waals surface area contributed by atoms with Gasteiger partial charge in [0, 0.05) is 6.16 Å². The third kappa shape index (κ3) is 6.72. The molecule has 3 nitrogen and oxygen atoms in total. The fourth-order valence-electron chi connectivity index (χ4n) is 1.62. The second-order valence-corrected chi connectivity index (χ2v) is 7.17. The van der Waals surface area contributed by atoms with Crippen molar-refractivity contribution in [1.29, 1.82) is 0 Å². The van der Waals surface area contributed by atoms with Crippen LogP contribution in [0.2, 0.25) is 0 Å². The number of unbranched alkanes of at least 4 members (excludes halogenated alkanes) is 2. The molecule has 0 bridgehead atoms. The molecule has 1 rings (SSSR count). The maximum Gasteiger partial charge on any atom is 0.220 e. The third-order valence-corrected chi connectivity index (χ3v) is 4.79. The Labute approximate surface area is 116 Å². The molecule has 0 fully saturated rings. The van der Waals surface area contributed by atoms with E-state index >= 15 is 0 Å². The van der Waals surface area contributed by atoms with Gasteiger partial charge < -0.3 is 10.3 Å². The van der Waals surface area contributed by atoms with Crippen LogP contribution >= 0.6 is 7.37 Å². The first kappa shape index (κ1) is 16.2. The van der Waals surface area contributed by atoms with E-state index in [1.807, 2.05) is 36.4 Å². The van der Waals surface area contributed by atoms with Crippen molar-refractivity contribution in [2.75, 3.05) is 12.4 Å². The molecule has 1 atom stereocenters. The Hall–Kier alpha value is -0.890. The minimum Gasteiger partial charge on any atom is -0.323 e. The molecule has 4 heteroatoms. The van der Waals surface area contributed by atoms with Crippen LogP contribution in [0.3, 0.4) is 0 Å². The molecule has 0 unspecified atom stereocenters. The van der Waals surface area contributed by atoms with Gasteiger partial charge in [0.15, 0.2) is 0 Å². The Kier molecular flexibility index (Phi) is 7.73. The molecule has 1 aromatic rings. The maximum atomic E-state index is 12.4. The van der Waals surface area contributed by atoms with E-state index in [4.69, 9.17) is 10.3 Å². The van der Waals surface area contributed by atoms with Crippen LogP contribution in [0.1, 0.15) is 31.7 Å². The van der Waals surface area contributed by atoms with Crippen LogP contribution in [0.15, 0.2) is 42.5 Å². The van der Waals surface area contributed by atoms with Crippen molar-refractivity contribution in [3.05, 3.63) is 48.0 Å². The van der Waals surface area contributed by atoms with Crippen LogP contribution in [0.4, 0.5) is 0 Å². The van der Waals surface area contributed by atoms with Gasteiger partial charge in [0.25, 0.3) is 0 Å². The molecule has 0 saturated heterocycles. The van der Waals surface area contributed by atoms with Crippen molar-refractivity contribution in [2.45, 2.75) is 32.8 Å². The van der Waals surface area contributed by atoms with E-state index in [-0.39, 0.29) is 6.29 Å². The van der Waals surface area contributed by atoms with E-state index in [0.29, 0.717) is 12.8 Å². The molecule has 19 heavy (non-hydrogen) atoms. The quantitative estimate of drug-likeness (QED) is 0.420. The zero-order valence-electron chi connectivity index (χ0n) is 11.6. The summed E-state index contributed by atoms with van der Waals surface area (Å²) in [6, 6.07) is 9.74. The van der Waals surface area contributed by atoms with Crippen molar-refractivity contribution >= 4 is 7.37 Å². The Morgan fingerprint density at radius 1 is 1.26 bits per heavy atom. The standard InChI is InChI=1S/C15H24NO2P/c1-2-3-4-5-9-12-19(17,14-16)18-13-15-10-7-6-8-11-15/h5-11H,2-4,12-14,16H2,1H3/b9-5+/t19-/m0/s1. The highest BCUT2D eigenvalue weighted by Gasteiger charge is 2.19. The van der Waals surface area contributed by atoms with Gasteiger partial charge >= 0.3 is 0 Å². The largest absolute Gasteiger partial charge is 0.323 e. The molecule has 0 saturated carbocycles. The molecule has 2 N–H and O–H groups in total. The normalized spacial score (nSPS) is 14.6. The first-order valence-corrected chi connectivity index (χ1v) is 8.81. The van der Waals surface area contributed by atoms with Crippen LogP contribution in [0.5, 0.6) is 0 Å². The second-order valence-electron chi connectivity index (χ2n) is 4.55. The van der Waals surface area contributed by atoms with E-state index in [1.54, 1.807) is 0 Å². The molecule has 0 spiro atoms. The summed E-state index contributed by atoms with van der Waals surface area (Å²) in [5, 5.41) is 0. The summed E-state index contributed by atoms with van der Waals surface area (Å²) in [5.74, 6) is 0. The van der Waals surface area contributed by atoms with Gasteiger partial charge in [-0.2, -0.15) is 0 Å². The maximum absolute atomic E-state index is 12.4. The van der Waals surface area contributed by atoms with Crippen LogP contribution in [0, 0.1) is 0 Å². The van der Waals surface area contributed by atoms with Gasteiger partial charge in [-0.1, -0.05) is 62.2 Å². The average molecular weight is 281 g/mol. The number of hydrogen-bond acceptors (Lipinski definition) is 3. The molecule has 0 aliphatic heterocycles. The highest BCUT2D eigenvalue weighted by molar-refractivity contribution is 7.59. The topological polar surface area (TPSA) is 52.3 Å². The number of allylic oxidation sites excluding steroid dienone is 2. The Morgan fingerprint density at radius 3 is 2.63 bits per heavy atom. The van der Waals surface area contributed by atoms with Crippen molar-refractivity contribution in [3.8, 4) is 0 Å². The molecule has 0 heterocycles. The van der Waals surface area contributed by atoms with Crippen molar-refractivity contribution in [3.63, 3.8) is 0 Å². The number of benzene rings is 1. The molecule has 0 radical (unpaired) electrons. The van der Waals surface area contributed by atoms with Gasteiger partial charge in [-0.3, -0.25) is 4.57 Å². The van der Waals surface area contributed by atoms with E-state index in [0.717, 1.165) is 18.4 Å². The third-order valence-electron chi connectivity index (χ3n) is 2.86. The van der Waals surface area contributed by atoms with Crippen LogP contribution in [0.25, 0.3) is 0 Å².